The molecule has 0 saturated heterocycles. The van der Waals surface area contributed by atoms with E-state index in [0.29, 0.717) is 10.4 Å². The van der Waals surface area contributed by atoms with Crippen LogP contribution < -0.4 is 0 Å². The highest BCUT2D eigenvalue weighted by atomic mass is 35.5. The largest absolute Gasteiger partial charge is 0.475 e. The molecule has 5 nitrogen and oxygen atoms in total. The molecule has 20 heavy (non-hydrogen) atoms. The van der Waals surface area contributed by atoms with Gasteiger partial charge in [-0.2, -0.15) is 0 Å². The Morgan fingerprint density at radius 3 is 2.45 bits per heavy atom. The van der Waals surface area contributed by atoms with Gasteiger partial charge in [0.25, 0.3) is 5.24 Å². The van der Waals surface area contributed by atoms with Crippen molar-refractivity contribution in [2.75, 3.05) is 0 Å². The molecule has 0 spiro atoms. The Kier molecular flexibility index (Phi) is 4.49. The minimum absolute atomic E-state index is 0.0174. The zero-order chi connectivity index (χ0) is 14.5. The molecule has 3 aromatic rings. The number of halogens is 1. The van der Waals surface area contributed by atoms with Gasteiger partial charge in [0, 0.05) is 0 Å². The lowest BCUT2D eigenvalue weighted by Crippen LogP contribution is -1.97. The number of hydrogen-bond acceptors (Lipinski definition) is 4. The number of hydrogen-bond donors (Lipinski definition) is 2. The number of carbonyl (C=O) groups excluding carboxylic acids is 1. The van der Waals surface area contributed by atoms with Crippen molar-refractivity contribution < 1.29 is 14.7 Å². The van der Waals surface area contributed by atoms with Gasteiger partial charge in [-0.15, -0.1) is 11.3 Å². The van der Waals surface area contributed by atoms with Gasteiger partial charge in [0.05, 0.1) is 15.9 Å². The maximum absolute atomic E-state index is 10.5. The number of fused-ring (bicyclic) bond motifs is 1. The summed E-state index contributed by atoms with van der Waals surface area (Å²) in [6.45, 7) is 0. The summed E-state index contributed by atoms with van der Waals surface area (Å²) in [6.07, 6.45) is 0. The monoisotopic (exact) mass is 308 g/mol. The van der Waals surface area contributed by atoms with Crippen LogP contribution in [-0.2, 0) is 0 Å². The number of carbonyl (C=O) groups is 2. The van der Waals surface area contributed by atoms with Gasteiger partial charge in [0.15, 0.2) is 0 Å². The van der Waals surface area contributed by atoms with Crippen LogP contribution in [0.2, 0.25) is 0 Å². The van der Waals surface area contributed by atoms with E-state index >= 15 is 0 Å². The normalized spacial score (nSPS) is 9.85. The van der Waals surface area contributed by atoms with Gasteiger partial charge in [-0.05, 0) is 35.2 Å². The van der Waals surface area contributed by atoms with E-state index < -0.39 is 5.97 Å². The van der Waals surface area contributed by atoms with Crippen molar-refractivity contribution in [2.24, 2.45) is 0 Å². The maximum atomic E-state index is 10.5. The standard InChI is InChI=1S/C8H6N2O2.C5H3ClOS/c11-8(12)7-9-5-3-1-2-4-6(5)10-7;6-5(7)4-2-1-3-8-4/h1-4H,(H,9,10)(H,11,12);1-3H. The predicted octanol–water partition coefficient (Wildman–Crippen LogP) is 3.39. The fourth-order valence-electron chi connectivity index (χ4n) is 1.44. The second kappa shape index (κ2) is 6.31. The Morgan fingerprint density at radius 2 is 1.95 bits per heavy atom. The van der Waals surface area contributed by atoms with Crippen molar-refractivity contribution in [3.63, 3.8) is 0 Å². The molecular formula is C13H9ClN2O3S. The predicted molar refractivity (Wildman–Crippen MR) is 77.6 cm³/mol. The number of rotatable bonds is 2. The number of para-hydroxylation sites is 2. The van der Waals surface area contributed by atoms with Crippen molar-refractivity contribution in [2.45, 2.75) is 0 Å². The molecule has 7 heteroatoms. The number of carboxylic acid groups (broad SMARTS) is 1. The first-order chi connectivity index (χ1) is 9.58. The zero-order valence-corrected chi connectivity index (χ0v) is 11.6. The molecule has 0 aliphatic heterocycles. The van der Waals surface area contributed by atoms with E-state index in [1.54, 1.807) is 24.3 Å². The number of thiophene rings is 1. The minimum Gasteiger partial charge on any atom is -0.475 e. The molecule has 0 aliphatic carbocycles. The first kappa shape index (κ1) is 14.2. The average molecular weight is 309 g/mol. The third-order valence-electron chi connectivity index (χ3n) is 2.31. The fraction of sp³-hybridized carbons (Fsp3) is 0. The summed E-state index contributed by atoms with van der Waals surface area (Å²) in [5.41, 5.74) is 1.42. The lowest BCUT2D eigenvalue weighted by molar-refractivity contribution is 0.0685. The molecule has 1 aromatic carbocycles. The third kappa shape index (κ3) is 3.43. The average Bonchev–Trinajstić information content (AvgIpc) is 3.08. The second-order valence-electron chi connectivity index (χ2n) is 3.66. The van der Waals surface area contributed by atoms with E-state index in [1.165, 1.54) is 11.3 Å². The summed E-state index contributed by atoms with van der Waals surface area (Å²) < 4.78 is 0. The molecule has 0 saturated carbocycles. The topological polar surface area (TPSA) is 83.1 Å². The van der Waals surface area contributed by atoms with Gasteiger partial charge in [-0.25, -0.2) is 9.78 Å². The first-order valence-corrected chi connectivity index (χ1v) is 6.75. The number of nitrogens with one attached hydrogen (secondary N) is 1. The molecule has 2 heterocycles. The van der Waals surface area contributed by atoms with Crippen LogP contribution in [0, 0.1) is 0 Å². The van der Waals surface area contributed by atoms with Crippen LogP contribution in [0.3, 0.4) is 0 Å². The summed E-state index contributed by atoms with van der Waals surface area (Å²) in [4.78, 5) is 27.9. The molecule has 0 radical (unpaired) electrons. The minimum atomic E-state index is -1.04. The Balaban J connectivity index is 0.000000160. The lowest BCUT2D eigenvalue weighted by atomic mass is 10.3. The molecule has 0 amide bonds. The van der Waals surface area contributed by atoms with Crippen LogP contribution in [-0.4, -0.2) is 26.3 Å². The van der Waals surface area contributed by atoms with Gasteiger partial charge in [0.2, 0.25) is 5.82 Å². The number of H-pyrrole nitrogens is 1. The second-order valence-corrected chi connectivity index (χ2v) is 4.95. The molecule has 0 unspecified atom stereocenters. The smallest absolute Gasteiger partial charge is 0.371 e. The van der Waals surface area contributed by atoms with Crippen LogP contribution in [0.4, 0.5) is 0 Å². The van der Waals surface area contributed by atoms with Crippen LogP contribution in [0.25, 0.3) is 11.0 Å². The van der Waals surface area contributed by atoms with Gasteiger partial charge in [-0.3, -0.25) is 4.79 Å². The Bertz CT molecular complexity index is 704. The van der Waals surface area contributed by atoms with Gasteiger partial charge >= 0.3 is 5.97 Å². The van der Waals surface area contributed by atoms with Crippen molar-refractivity contribution in [3.8, 4) is 0 Å². The number of aromatic amines is 1. The van der Waals surface area contributed by atoms with Gasteiger partial charge in [0.1, 0.15) is 0 Å². The van der Waals surface area contributed by atoms with Gasteiger partial charge in [-0.1, -0.05) is 18.2 Å². The highest BCUT2D eigenvalue weighted by Crippen LogP contribution is 2.10. The summed E-state index contributed by atoms with van der Waals surface area (Å²) in [6, 6.07) is 10.7. The molecule has 2 aromatic heterocycles. The van der Waals surface area contributed by atoms with E-state index in [1.807, 2.05) is 17.5 Å². The first-order valence-electron chi connectivity index (χ1n) is 5.49. The van der Waals surface area contributed by atoms with Crippen LogP contribution in [0.5, 0.6) is 0 Å². The summed E-state index contributed by atoms with van der Waals surface area (Å²) in [5.74, 6) is -1.05. The third-order valence-corrected chi connectivity index (χ3v) is 3.49. The number of aromatic carboxylic acids is 1. The highest BCUT2D eigenvalue weighted by Gasteiger charge is 2.07. The maximum Gasteiger partial charge on any atom is 0.371 e. The molecule has 102 valence electrons. The Morgan fingerprint density at radius 1 is 1.20 bits per heavy atom. The van der Waals surface area contributed by atoms with E-state index in [9.17, 15) is 9.59 Å². The van der Waals surface area contributed by atoms with Crippen molar-refractivity contribution in [1.82, 2.24) is 9.97 Å². The Hall–Kier alpha value is -2.18. The fourth-order valence-corrected chi connectivity index (χ4v) is 2.19. The number of aromatic nitrogens is 2. The highest BCUT2D eigenvalue weighted by molar-refractivity contribution is 7.13. The summed E-state index contributed by atoms with van der Waals surface area (Å²) >= 11 is 6.47. The molecule has 2 N–H and O–H groups in total. The van der Waals surface area contributed by atoms with E-state index in [2.05, 4.69) is 9.97 Å². The van der Waals surface area contributed by atoms with E-state index in [-0.39, 0.29) is 11.1 Å². The van der Waals surface area contributed by atoms with Crippen molar-refractivity contribution in [1.29, 1.82) is 0 Å². The summed E-state index contributed by atoms with van der Waals surface area (Å²) in [5, 5.41) is 10.0. The number of imidazole rings is 1. The van der Waals surface area contributed by atoms with Crippen LogP contribution in [0.1, 0.15) is 20.3 Å². The van der Waals surface area contributed by atoms with Gasteiger partial charge < -0.3 is 10.1 Å². The number of nitrogens with zero attached hydrogens (tertiary/aromatic N) is 1. The van der Waals surface area contributed by atoms with Crippen molar-refractivity contribution in [3.05, 3.63) is 52.5 Å². The quantitative estimate of drug-likeness (QED) is 0.711. The SMILES string of the molecule is O=C(Cl)c1cccs1.O=C(O)c1nc2ccccc2[nH]1. The van der Waals surface area contributed by atoms with Crippen LogP contribution >= 0.6 is 22.9 Å². The number of benzene rings is 1. The lowest BCUT2D eigenvalue weighted by Gasteiger charge is -1.81. The molecule has 0 aliphatic rings. The molecule has 3 rings (SSSR count). The molecule has 0 atom stereocenters. The molecular weight excluding hydrogens is 300 g/mol. The zero-order valence-electron chi connectivity index (χ0n) is 10.0. The van der Waals surface area contributed by atoms with E-state index in [0.717, 1.165) is 5.52 Å². The number of carboxylic acids is 1. The van der Waals surface area contributed by atoms with Crippen molar-refractivity contribution >= 4 is 45.2 Å². The molecule has 0 bridgehead atoms. The van der Waals surface area contributed by atoms with E-state index in [4.69, 9.17) is 16.7 Å². The van der Waals surface area contributed by atoms with Crippen LogP contribution in [0.15, 0.2) is 41.8 Å². The molecule has 0 fully saturated rings. The Labute approximate surface area is 122 Å². The summed E-state index contributed by atoms with van der Waals surface area (Å²) in [7, 11) is 0.